The summed E-state index contributed by atoms with van der Waals surface area (Å²) in [6, 6.07) is 8.30. The molecule has 1 N–H and O–H groups in total. The number of benzene rings is 1. The van der Waals surface area contributed by atoms with Crippen LogP contribution in [-0.4, -0.2) is 64.1 Å². The molecule has 3 aliphatic rings. The summed E-state index contributed by atoms with van der Waals surface area (Å²) in [5.74, 6) is 1.01. The molecule has 6 rings (SSSR count). The average molecular weight is 557 g/mol. The minimum Gasteiger partial charge on any atom is -0.474 e. The third kappa shape index (κ3) is 5.89. The van der Waals surface area contributed by atoms with Gasteiger partial charge in [-0.15, -0.1) is 0 Å². The molecule has 1 aromatic carbocycles. The molecule has 0 bridgehead atoms. The summed E-state index contributed by atoms with van der Waals surface area (Å²) in [6.07, 6.45) is 7.13. The number of hydrogen-bond acceptors (Lipinski definition) is 10. The summed E-state index contributed by atoms with van der Waals surface area (Å²) >= 11 is 0. The van der Waals surface area contributed by atoms with Crippen LogP contribution in [0.3, 0.4) is 0 Å². The summed E-state index contributed by atoms with van der Waals surface area (Å²) in [6.45, 7) is 11.6. The Balaban J connectivity index is 1.18. The number of carbonyl (C=O) groups is 1. The zero-order valence-electron chi connectivity index (χ0n) is 24.1. The van der Waals surface area contributed by atoms with Crippen molar-refractivity contribution in [3.63, 3.8) is 0 Å². The Morgan fingerprint density at radius 2 is 1.93 bits per heavy atom. The Morgan fingerprint density at radius 3 is 2.68 bits per heavy atom. The van der Waals surface area contributed by atoms with Crippen LogP contribution in [0.15, 0.2) is 41.8 Å². The van der Waals surface area contributed by atoms with E-state index in [2.05, 4.69) is 42.4 Å². The molecule has 5 heterocycles. The lowest BCUT2D eigenvalue weighted by atomic mass is 10.0. The van der Waals surface area contributed by atoms with Gasteiger partial charge >= 0.3 is 6.09 Å². The van der Waals surface area contributed by atoms with Crippen molar-refractivity contribution in [3.8, 4) is 5.88 Å². The van der Waals surface area contributed by atoms with Crippen molar-refractivity contribution in [2.24, 2.45) is 5.10 Å². The van der Waals surface area contributed by atoms with Crippen LogP contribution in [0.4, 0.5) is 27.8 Å². The van der Waals surface area contributed by atoms with Crippen molar-refractivity contribution in [1.29, 1.82) is 0 Å². The summed E-state index contributed by atoms with van der Waals surface area (Å²) in [5, 5.41) is 9.80. The van der Waals surface area contributed by atoms with Gasteiger partial charge in [-0.1, -0.05) is 12.1 Å². The van der Waals surface area contributed by atoms with E-state index < -0.39 is 11.7 Å². The number of anilines is 4. The maximum Gasteiger partial charge on any atom is 0.415 e. The molecule has 11 heteroatoms. The van der Waals surface area contributed by atoms with Crippen molar-refractivity contribution in [1.82, 2.24) is 20.0 Å². The number of fused-ring (bicyclic) bond motifs is 2. The maximum absolute atomic E-state index is 13.0. The first kappa shape index (κ1) is 26.8. The first-order chi connectivity index (χ1) is 19.7. The van der Waals surface area contributed by atoms with Gasteiger partial charge in [-0.3, -0.25) is 9.91 Å². The first-order valence-electron chi connectivity index (χ1n) is 14.1. The molecule has 11 nitrogen and oxygen atoms in total. The van der Waals surface area contributed by atoms with E-state index in [4.69, 9.17) is 14.5 Å². The quantitative estimate of drug-likeness (QED) is 0.474. The Morgan fingerprint density at radius 1 is 1.10 bits per heavy atom. The zero-order valence-corrected chi connectivity index (χ0v) is 24.1. The van der Waals surface area contributed by atoms with Crippen LogP contribution >= 0.6 is 0 Å². The van der Waals surface area contributed by atoms with Gasteiger partial charge in [-0.2, -0.15) is 5.10 Å². The van der Waals surface area contributed by atoms with Gasteiger partial charge in [0.05, 0.1) is 37.2 Å². The molecule has 0 unspecified atom stereocenters. The summed E-state index contributed by atoms with van der Waals surface area (Å²) < 4.78 is 11.5. The largest absolute Gasteiger partial charge is 0.474 e. The molecule has 1 amide bonds. The van der Waals surface area contributed by atoms with Crippen molar-refractivity contribution in [2.45, 2.75) is 59.2 Å². The van der Waals surface area contributed by atoms with E-state index in [1.54, 1.807) is 4.90 Å². The standard InChI is InChI=1S/C30H36N8O3/c1-20-25(17-31-27-26(20)38(14-15-40-27)29(39)41-30(2,3)4)36-13-10-22-16-32-28(35-24(22)19-36)34-23-8-6-21(7-9-23)18-37-12-5-11-33-37/h6-9,11,16-17H,5,10,12-15,18-19H2,1-4H3,(H,32,34,35). The van der Waals surface area contributed by atoms with Crippen LogP contribution in [0.25, 0.3) is 0 Å². The van der Waals surface area contributed by atoms with E-state index in [1.807, 2.05) is 58.4 Å². The van der Waals surface area contributed by atoms with Crippen LogP contribution in [0.1, 0.15) is 49.6 Å². The van der Waals surface area contributed by atoms with Crippen molar-refractivity contribution in [3.05, 3.63) is 59.0 Å². The summed E-state index contributed by atoms with van der Waals surface area (Å²) in [4.78, 5) is 31.0. The monoisotopic (exact) mass is 556 g/mol. The van der Waals surface area contributed by atoms with Gasteiger partial charge in [0.25, 0.3) is 0 Å². The summed E-state index contributed by atoms with van der Waals surface area (Å²) in [5.41, 5.74) is 6.19. The first-order valence-corrected chi connectivity index (χ1v) is 14.1. The molecule has 0 saturated carbocycles. The van der Waals surface area contributed by atoms with Crippen LogP contribution in [0.2, 0.25) is 0 Å². The van der Waals surface area contributed by atoms with E-state index in [1.165, 1.54) is 5.56 Å². The Kier molecular flexibility index (Phi) is 7.10. The van der Waals surface area contributed by atoms with Crippen LogP contribution in [0.5, 0.6) is 5.88 Å². The van der Waals surface area contributed by atoms with Crippen molar-refractivity contribution in [2.75, 3.05) is 41.4 Å². The number of pyridine rings is 1. The minimum atomic E-state index is -0.596. The van der Waals surface area contributed by atoms with Gasteiger partial charge < -0.3 is 19.7 Å². The molecule has 3 aliphatic heterocycles. The second-order valence-electron chi connectivity index (χ2n) is 11.5. The maximum atomic E-state index is 13.0. The molecule has 0 atom stereocenters. The van der Waals surface area contributed by atoms with Gasteiger partial charge in [0.15, 0.2) is 0 Å². The van der Waals surface area contributed by atoms with Gasteiger partial charge in [0.2, 0.25) is 11.8 Å². The highest BCUT2D eigenvalue weighted by molar-refractivity contribution is 5.92. The number of aromatic nitrogens is 3. The second kappa shape index (κ2) is 10.9. The van der Waals surface area contributed by atoms with Gasteiger partial charge in [0, 0.05) is 43.2 Å². The van der Waals surface area contributed by atoms with E-state index in [-0.39, 0.29) is 0 Å². The summed E-state index contributed by atoms with van der Waals surface area (Å²) in [7, 11) is 0. The molecule has 214 valence electrons. The lowest BCUT2D eigenvalue weighted by Gasteiger charge is -2.35. The Labute approximate surface area is 240 Å². The molecule has 2 aromatic heterocycles. The number of nitrogens with zero attached hydrogens (tertiary/aromatic N) is 7. The van der Waals surface area contributed by atoms with Crippen molar-refractivity contribution < 1.29 is 14.3 Å². The number of hydrazone groups is 1. The highest BCUT2D eigenvalue weighted by atomic mass is 16.6. The molecule has 3 aromatic rings. The van der Waals surface area contributed by atoms with E-state index >= 15 is 0 Å². The topological polar surface area (TPSA) is 108 Å². The number of carbonyl (C=O) groups excluding carboxylic acids is 1. The molecular weight excluding hydrogens is 520 g/mol. The third-order valence-electron chi connectivity index (χ3n) is 7.31. The molecular formula is C30H36N8O3. The number of rotatable bonds is 5. The Hall–Kier alpha value is -4.41. The van der Waals surface area contributed by atoms with Gasteiger partial charge in [0.1, 0.15) is 17.9 Å². The van der Waals surface area contributed by atoms with Gasteiger partial charge in [-0.25, -0.2) is 19.7 Å². The number of ether oxygens (including phenoxy) is 2. The van der Waals surface area contributed by atoms with Crippen LogP contribution in [-0.2, 0) is 24.2 Å². The van der Waals surface area contributed by atoms with E-state index in [0.29, 0.717) is 37.2 Å². The smallest absolute Gasteiger partial charge is 0.415 e. The lowest BCUT2D eigenvalue weighted by Crippen LogP contribution is -2.42. The van der Waals surface area contributed by atoms with E-state index in [9.17, 15) is 4.79 Å². The van der Waals surface area contributed by atoms with E-state index in [0.717, 1.165) is 60.7 Å². The van der Waals surface area contributed by atoms with Crippen LogP contribution in [0, 0.1) is 6.92 Å². The molecule has 0 fully saturated rings. The average Bonchev–Trinajstić information content (AvgIpc) is 3.46. The fraction of sp³-hybridized carbons (Fsp3) is 0.433. The molecule has 0 saturated heterocycles. The SMILES string of the molecule is Cc1c(N2CCc3cnc(Nc4ccc(CN5CCC=N5)cc4)nc3C2)cnc2c1N(C(=O)OC(C)(C)C)CCO2. The lowest BCUT2D eigenvalue weighted by molar-refractivity contribution is 0.0566. The number of amides is 1. The fourth-order valence-electron chi connectivity index (χ4n) is 5.31. The Bertz CT molecular complexity index is 1470. The molecule has 0 radical (unpaired) electrons. The highest BCUT2D eigenvalue weighted by Crippen LogP contribution is 2.39. The third-order valence-corrected chi connectivity index (χ3v) is 7.31. The fourth-order valence-corrected chi connectivity index (χ4v) is 5.31. The van der Waals surface area contributed by atoms with Crippen molar-refractivity contribution >= 4 is 35.3 Å². The predicted octanol–water partition coefficient (Wildman–Crippen LogP) is 4.81. The van der Waals surface area contributed by atoms with Gasteiger partial charge in [-0.05, 0) is 57.4 Å². The second-order valence-corrected chi connectivity index (χ2v) is 11.5. The number of nitrogens with one attached hydrogen (secondary N) is 1. The molecule has 41 heavy (non-hydrogen) atoms. The molecule has 0 aliphatic carbocycles. The molecule has 0 spiro atoms. The number of hydrogen-bond donors (Lipinski definition) is 1. The van der Waals surface area contributed by atoms with Crippen LogP contribution < -0.4 is 19.9 Å². The minimum absolute atomic E-state index is 0.373. The highest BCUT2D eigenvalue weighted by Gasteiger charge is 2.32. The normalized spacial score (nSPS) is 16.2. The predicted molar refractivity (Wildman–Crippen MR) is 158 cm³/mol. The zero-order chi connectivity index (χ0) is 28.6.